The van der Waals surface area contributed by atoms with E-state index in [0.29, 0.717) is 5.69 Å². The average molecular weight is 220 g/mol. The van der Waals surface area contributed by atoms with E-state index in [2.05, 4.69) is 14.5 Å². The molecule has 0 aromatic carbocycles. The van der Waals surface area contributed by atoms with Crippen LogP contribution in [-0.4, -0.2) is 26.9 Å². The molecule has 1 aromatic rings. The molecule has 1 aromatic heterocycles. The minimum Gasteiger partial charge on any atom is -0.481 e. The molecule has 0 radical (unpaired) electrons. The van der Waals surface area contributed by atoms with Crippen molar-refractivity contribution >= 4 is 7.82 Å². The lowest BCUT2D eigenvalue weighted by atomic mass is 10.4. The van der Waals surface area contributed by atoms with Crippen LogP contribution < -0.4 is 9.26 Å². The number of hydrogen-bond acceptors (Lipinski definition) is 5. The number of hydrogen-bond donors (Lipinski definition) is 2. The third-order valence-electron chi connectivity index (χ3n) is 1.22. The molecule has 0 unspecified atom stereocenters. The molecular formula is C6H9N2O5P. The molecule has 8 heteroatoms. The summed E-state index contributed by atoms with van der Waals surface area (Å²) in [7, 11) is -3.24. The molecule has 2 N–H and O–H groups in total. The highest BCUT2D eigenvalue weighted by Gasteiger charge is 2.18. The van der Waals surface area contributed by atoms with Crippen molar-refractivity contribution in [3.63, 3.8) is 0 Å². The van der Waals surface area contributed by atoms with Gasteiger partial charge in [0, 0.05) is 11.8 Å². The standard InChI is InChI=1S/C6H9N2O5P/c1-4-3-5(12-2)8-6(7-4)13-14(9,10)11/h3H,1-2H3,(H2,9,10,11). The van der Waals surface area contributed by atoms with Crippen LogP contribution in [0, 0.1) is 6.92 Å². The van der Waals surface area contributed by atoms with E-state index in [1.807, 2.05) is 0 Å². The first-order valence-corrected chi connectivity index (χ1v) is 5.08. The Kier molecular flexibility index (Phi) is 3.05. The second-order valence-electron chi connectivity index (χ2n) is 2.42. The van der Waals surface area contributed by atoms with E-state index >= 15 is 0 Å². The van der Waals surface area contributed by atoms with Crippen molar-refractivity contribution in [1.29, 1.82) is 0 Å². The van der Waals surface area contributed by atoms with Crippen LogP contribution in [0.25, 0.3) is 0 Å². The monoisotopic (exact) mass is 220 g/mol. The SMILES string of the molecule is COc1cc(C)nc(OP(=O)(O)O)n1. The van der Waals surface area contributed by atoms with Gasteiger partial charge in [-0.05, 0) is 6.92 Å². The van der Waals surface area contributed by atoms with Gasteiger partial charge in [-0.1, -0.05) is 0 Å². The number of rotatable bonds is 3. The predicted molar refractivity (Wildman–Crippen MR) is 46.0 cm³/mol. The largest absolute Gasteiger partial charge is 0.527 e. The van der Waals surface area contributed by atoms with Crippen LogP contribution in [0.1, 0.15) is 5.69 Å². The molecule has 0 amide bonds. The zero-order valence-electron chi connectivity index (χ0n) is 7.54. The average Bonchev–Trinajstić information content (AvgIpc) is 1.99. The summed E-state index contributed by atoms with van der Waals surface area (Å²) in [6, 6.07) is 1.10. The highest BCUT2D eigenvalue weighted by atomic mass is 31.2. The second-order valence-corrected chi connectivity index (χ2v) is 3.58. The van der Waals surface area contributed by atoms with E-state index in [9.17, 15) is 4.57 Å². The number of phosphoric acid groups is 1. The lowest BCUT2D eigenvalue weighted by molar-refractivity contribution is 0.272. The highest BCUT2D eigenvalue weighted by molar-refractivity contribution is 7.46. The fourth-order valence-corrected chi connectivity index (χ4v) is 1.06. The number of aromatic nitrogens is 2. The van der Waals surface area contributed by atoms with Gasteiger partial charge >= 0.3 is 13.8 Å². The Bertz CT molecular complexity index is 376. The van der Waals surface area contributed by atoms with Gasteiger partial charge in [0.1, 0.15) is 0 Å². The Morgan fingerprint density at radius 3 is 2.57 bits per heavy atom. The van der Waals surface area contributed by atoms with Crippen LogP contribution in [0.2, 0.25) is 0 Å². The van der Waals surface area contributed by atoms with Gasteiger partial charge < -0.3 is 9.26 Å². The molecule has 0 atom stereocenters. The molecule has 0 aliphatic carbocycles. The first-order chi connectivity index (χ1) is 6.40. The number of methoxy groups -OCH3 is 1. The Morgan fingerprint density at radius 2 is 2.07 bits per heavy atom. The molecule has 0 saturated carbocycles. The second kappa shape index (κ2) is 3.91. The van der Waals surface area contributed by atoms with Crippen molar-refractivity contribution in [3.8, 4) is 11.9 Å². The van der Waals surface area contributed by atoms with Crippen molar-refractivity contribution in [1.82, 2.24) is 9.97 Å². The molecule has 0 aliphatic rings. The normalized spacial score (nSPS) is 11.1. The molecular weight excluding hydrogens is 211 g/mol. The van der Waals surface area contributed by atoms with Crippen LogP contribution in [0.5, 0.6) is 11.9 Å². The molecule has 78 valence electrons. The van der Waals surface area contributed by atoms with Crippen LogP contribution in [-0.2, 0) is 4.57 Å². The zero-order valence-corrected chi connectivity index (χ0v) is 8.43. The van der Waals surface area contributed by atoms with Gasteiger partial charge in [-0.25, -0.2) is 4.57 Å². The number of phosphoric ester groups is 1. The lowest BCUT2D eigenvalue weighted by Crippen LogP contribution is -1.99. The van der Waals surface area contributed by atoms with E-state index < -0.39 is 13.8 Å². The molecule has 14 heavy (non-hydrogen) atoms. The van der Waals surface area contributed by atoms with Gasteiger partial charge in [-0.15, -0.1) is 0 Å². The molecule has 1 heterocycles. The van der Waals surface area contributed by atoms with Crippen molar-refractivity contribution in [2.75, 3.05) is 7.11 Å². The third kappa shape index (κ3) is 3.29. The van der Waals surface area contributed by atoms with Crippen molar-refractivity contribution in [3.05, 3.63) is 11.8 Å². The maximum absolute atomic E-state index is 10.5. The van der Waals surface area contributed by atoms with Gasteiger partial charge in [-0.3, -0.25) is 9.79 Å². The first kappa shape index (κ1) is 10.9. The molecule has 7 nitrogen and oxygen atoms in total. The highest BCUT2D eigenvalue weighted by Crippen LogP contribution is 2.36. The lowest BCUT2D eigenvalue weighted by Gasteiger charge is -2.06. The van der Waals surface area contributed by atoms with Crippen molar-refractivity contribution < 1.29 is 23.6 Å². The number of nitrogens with zero attached hydrogens (tertiary/aromatic N) is 2. The molecule has 0 saturated heterocycles. The minimum atomic E-state index is -4.62. The molecule has 1 rings (SSSR count). The molecule has 0 aliphatic heterocycles. The van der Waals surface area contributed by atoms with E-state index in [1.165, 1.54) is 13.2 Å². The maximum atomic E-state index is 10.5. The summed E-state index contributed by atoms with van der Waals surface area (Å²) in [6.07, 6.45) is 0. The number of aryl methyl sites for hydroxylation is 1. The predicted octanol–water partition coefficient (Wildman–Crippen LogP) is 0.265. The van der Waals surface area contributed by atoms with Gasteiger partial charge in [0.2, 0.25) is 5.88 Å². The van der Waals surface area contributed by atoms with Gasteiger partial charge in [0.05, 0.1) is 7.11 Å². The summed E-state index contributed by atoms with van der Waals surface area (Å²) in [4.78, 5) is 24.2. The Balaban J connectivity index is 2.98. The van der Waals surface area contributed by atoms with Gasteiger partial charge in [0.25, 0.3) is 0 Å². The smallest absolute Gasteiger partial charge is 0.481 e. The van der Waals surface area contributed by atoms with Crippen LogP contribution in [0.3, 0.4) is 0 Å². The minimum absolute atomic E-state index is 0.181. The van der Waals surface area contributed by atoms with Crippen LogP contribution in [0.4, 0.5) is 0 Å². The Labute approximate surface area is 80.0 Å². The summed E-state index contributed by atoms with van der Waals surface area (Å²) in [5, 5.41) is 0. The van der Waals surface area contributed by atoms with Gasteiger partial charge in [-0.2, -0.15) is 9.97 Å². The third-order valence-corrected chi connectivity index (χ3v) is 1.62. The van der Waals surface area contributed by atoms with E-state index in [4.69, 9.17) is 14.5 Å². The quantitative estimate of drug-likeness (QED) is 0.704. The topological polar surface area (TPSA) is 102 Å². The van der Waals surface area contributed by atoms with E-state index in [1.54, 1.807) is 6.92 Å². The molecule has 0 bridgehead atoms. The van der Waals surface area contributed by atoms with Crippen LogP contribution >= 0.6 is 7.82 Å². The van der Waals surface area contributed by atoms with Crippen molar-refractivity contribution in [2.24, 2.45) is 0 Å². The fourth-order valence-electron chi connectivity index (χ4n) is 0.765. The fraction of sp³-hybridized carbons (Fsp3) is 0.333. The summed E-state index contributed by atoms with van der Waals surface area (Å²) in [5.41, 5.74) is 0.486. The Hall–Kier alpha value is -1.17. The summed E-state index contributed by atoms with van der Waals surface area (Å²) < 4.78 is 19.4. The van der Waals surface area contributed by atoms with E-state index in [0.717, 1.165) is 0 Å². The van der Waals surface area contributed by atoms with E-state index in [-0.39, 0.29) is 5.88 Å². The maximum Gasteiger partial charge on any atom is 0.527 e. The summed E-state index contributed by atoms with van der Waals surface area (Å²) in [6.45, 7) is 1.62. The Morgan fingerprint density at radius 1 is 1.43 bits per heavy atom. The van der Waals surface area contributed by atoms with Crippen molar-refractivity contribution in [2.45, 2.75) is 6.92 Å². The number of ether oxygens (including phenoxy) is 1. The summed E-state index contributed by atoms with van der Waals surface area (Å²) >= 11 is 0. The summed E-state index contributed by atoms with van der Waals surface area (Å²) in [5.74, 6) is 0.181. The van der Waals surface area contributed by atoms with Crippen LogP contribution in [0.15, 0.2) is 6.07 Å². The molecule has 0 fully saturated rings. The molecule has 0 spiro atoms. The first-order valence-electron chi connectivity index (χ1n) is 3.55. The van der Waals surface area contributed by atoms with Gasteiger partial charge in [0.15, 0.2) is 0 Å². The zero-order chi connectivity index (χ0) is 10.8.